The maximum atomic E-state index is 12.6. The van der Waals surface area contributed by atoms with Crippen molar-refractivity contribution in [2.24, 2.45) is 7.05 Å². The molecule has 1 aliphatic rings. The van der Waals surface area contributed by atoms with Crippen LogP contribution in [0, 0.1) is 0 Å². The fourth-order valence-corrected chi connectivity index (χ4v) is 4.10. The van der Waals surface area contributed by atoms with Crippen molar-refractivity contribution < 1.29 is 14.3 Å². The first-order valence-corrected chi connectivity index (χ1v) is 9.75. The van der Waals surface area contributed by atoms with Crippen molar-refractivity contribution in [3.05, 3.63) is 60.3 Å². The molecule has 1 fully saturated rings. The third-order valence-electron chi connectivity index (χ3n) is 5.67. The SMILES string of the molecule is COc1ccccc1OCC(=O)N1CCC(c2cc3ccccc3n2C)CC1. The molecule has 0 N–H and O–H groups in total. The van der Waals surface area contributed by atoms with Gasteiger partial charge >= 0.3 is 0 Å². The van der Waals surface area contributed by atoms with Gasteiger partial charge in [0.1, 0.15) is 0 Å². The number of hydrogen-bond donors (Lipinski definition) is 0. The molecule has 146 valence electrons. The van der Waals surface area contributed by atoms with E-state index in [9.17, 15) is 4.79 Å². The second-order valence-electron chi connectivity index (χ2n) is 7.28. The molecule has 1 saturated heterocycles. The summed E-state index contributed by atoms with van der Waals surface area (Å²) in [6.45, 7) is 1.57. The Bertz CT molecular complexity index is 971. The maximum absolute atomic E-state index is 12.6. The van der Waals surface area contributed by atoms with Gasteiger partial charge in [0.2, 0.25) is 0 Å². The van der Waals surface area contributed by atoms with E-state index in [4.69, 9.17) is 9.47 Å². The number of methoxy groups -OCH3 is 1. The molecule has 0 spiro atoms. The molecule has 5 nitrogen and oxygen atoms in total. The number of hydrogen-bond acceptors (Lipinski definition) is 3. The molecule has 0 atom stereocenters. The molecule has 0 radical (unpaired) electrons. The van der Waals surface area contributed by atoms with Gasteiger partial charge in [0.05, 0.1) is 7.11 Å². The van der Waals surface area contributed by atoms with Gasteiger partial charge < -0.3 is 18.9 Å². The molecule has 4 rings (SSSR count). The van der Waals surface area contributed by atoms with Gasteiger partial charge in [0, 0.05) is 37.3 Å². The molecular weight excluding hydrogens is 352 g/mol. The van der Waals surface area contributed by atoms with E-state index in [2.05, 4.69) is 41.9 Å². The minimum atomic E-state index is 0.0291. The molecule has 3 aromatic rings. The van der Waals surface area contributed by atoms with Crippen molar-refractivity contribution in [1.82, 2.24) is 9.47 Å². The second kappa shape index (κ2) is 7.97. The lowest BCUT2D eigenvalue weighted by Crippen LogP contribution is -2.40. The van der Waals surface area contributed by atoms with Crippen molar-refractivity contribution in [1.29, 1.82) is 0 Å². The van der Waals surface area contributed by atoms with Crippen molar-refractivity contribution in [3.8, 4) is 11.5 Å². The smallest absolute Gasteiger partial charge is 0.260 e. The monoisotopic (exact) mass is 378 g/mol. The second-order valence-corrected chi connectivity index (χ2v) is 7.28. The summed E-state index contributed by atoms with van der Waals surface area (Å²) in [5.41, 5.74) is 2.62. The number of aryl methyl sites for hydroxylation is 1. The summed E-state index contributed by atoms with van der Waals surface area (Å²) in [5.74, 6) is 1.76. The lowest BCUT2D eigenvalue weighted by molar-refractivity contribution is -0.134. The van der Waals surface area contributed by atoms with E-state index in [1.807, 2.05) is 29.2 Å². The standard InChI is InChI=1S/C23H26N2O3/c1-24-19-8-4-3-7-18(19)15-20(24)17-11-13-25(14-12-17)23(26)16-28-22-10-6-5-9-21(22)27-2/h3-10,15,17H,11-14,16H2,1-2H3. The number of amides is 1. The molecule has 5 heteroatoms. The van der Waals surface area contributed by atoms with E-state index in [1.165, 1.54) is 16.6 Å². The molecular formula is C23H26N2O3. The van der Waals surface area contributed by atoms with Crippen LogP contribution in [0.2, 0.25) is 0 Å². The molecule has 2 heterocycles. The van der Waals surface area contributed by atoms with Crippen molar-refractivity contribution in [2.45, 2.75) is 18.8 Å². The van der Waals surface area contributed by atoms with E-state index in [0.29, 0.717) is 17.4 Å². The molecule has 2 aromatic carbocycles. The van der Waals surface area contributed by atoms with Gasteiger partial charge in [-0.2, -0.15) is 0 Å². The molecule has 0 unspecified atom stereocenters. The average Bonchev–Trinajstić information content (AvgIpc) is 3.09. The Hall–Kier alpha value is -2.95. The van der Waals surface area contributed by atoms with Gasteiger partial charge in [-0.15, -0.1) is 0 Å². The highest BCUT2D eigenvalue weighted by molar-refractivity contribution is 5.81. The van der Waals surface area contributed by atoms with Crippen molar-refractivity contribution in [2.75, 3.05) is 26.8 Å². The van der Waals surface area contributed by atoms with E-state index in [0.717, 1.165) is 25.9 Å². The van der Waals surface area contributed by atoms with Crippen molar-refractivity contribution >= 4 is 16.8 Å². The largest absolute Gasteiger partial charge is 0.493 e. The van der Waals surface area contributed by atoms with Crippen LogP contribution in [0.4, 0.5) is 0 Å². The number of likely N-dealkylation sites (tertiary alicyclic amines) is 1. The van der Waals surface area contributed by atoms with Crippen LogP contribution in [0.25, 0.3) is 10.9 Å². The number of rotatable bonds is 5. The van der Waals surface area contributed by atoms with Gasteiger partial charge in [-0.1, -0.05) is 30.3 Å². The summed E-state index contributed by atoms with van der Waals surface area (Å²) in [6, 6.07) is 18.2. The molecule has 0 bridgehead atoms. The topological polar surface area (TPSA) is 43.7 Å². The molecule has 1 amide bonds. The number of benzene rings is 2. The van der Waals surface area contributed by atoms with Crippen LogP contribution in [0.5, 0.6) is 11.5 Å². The molecule has 0 saturated carbocycles. The van der Waals surface area contributed by atoms with E-state index in [-0.39, 0.29) is 12.5 Å². The van der Waals surface area contributed by atoms with Crippen LogP contribution in [-0.4, -0.2) is 42.2 Å². The Morgan fingerprint density at radius 3 is 2.43 bits per heavy atom. The fraction of sp³-hybridized carbons (Fsp3) is 0.348. The molecule has 28 heavy (non-hydrogen) atoms. The zero-order valence-corrected chi connectivity index (χ0v) is 16.4. The van der Waals surface area contributed by atoms with Gasteiger partial charge in [0.25, 0.3) is 5.91 Å². The normalized spacial score (nSPS) is 15.0. The average molecular weight is 378 g/mol. The Morgan fingerprint density at radius 2 is 1.71 bits per heavy atom. The van der Waals surface area contributed by atoms with Gasteiger partial charge in [-0.3, -0.25) is 4.79 Å². The van der Waals surface area contributed by atoms with Gasteiger partial charge in [-0.05, 0) is 42.5 Å². The van der Waals surface area contributed by atoms with Crippen LogP contribution in [-0.2, 0) is 11.8 Å². The Kier molecular flexibility index (Phi) is 5.24. The van der Waals surface area contributed by atoms with Crippen molar-refractivity contribution in [3.63, 3.8) is 0 Å². The lowest BCUT2D eigenvalue weighted by Gasteiger charge is -2.32. The first-order valence-electron chi connectivity index (χ1n) is 9.75. The van der Waals surface area contributed by atoms with Crippen LogP contribution < -0.4 is 9.47 Å². The highest BCUT2D eigenvalue weighted by atomic mass is 16.5. The summed E-state index contributed by atoms with van der Waals surface area (Å²) in [7, 11) is 3.73. The third kappa shape index (κ3) is 3.57. The number of piperidine rings is 1. The first-order chi connectivity index (χ1) is 13.7. The number of ether oxygens (including phenoxy) is 2. The number of aromatic nitrogens is 1. The zero-order chi connectivity index (χ0) is 19.5. The molecule has 0 aliphatic carbocycles. The Balaban J connectivity index is 1.35. The third-order valence-corrected chi connectivity index (χ3v) is 5.67. The maximum Gasteiger partial charge on any atom is 0.260 e. The van der Waals surface area contributed by atoms with Crippen LogP contribution in [0.3, 0.4) is 0 Å². The highest BCUT2D eigenvalue weighted by Crippen LogP contribution is 2.32. The Morgan fingerprint density at radius 1 is 1.04 bits per heavy atom. The predicted molar refractivity (Wildman–Crippen MR) is 110 cm³/mol. The van der Waals surface area contributed by atoms with Gasteiger partial charge in [-0.25, -0.2) is 0 Å². The number of para-hydroxylation sites is 3. The molecule has 1 aliphatic heterocycles. The highest BCUT2D eigenvalue weighted by Gasteiger charge is 2.26. The van der Waals surface area contributed by atoms with Gasteiger partial charge in [0.15, 0.2) is 18.1 Å². The van der Waals surface area contributed by atoms with E-state index >= 15 is 0 Å². The first kappa shape index (κ1) is 18.4. The van der Waals surface area contributed by atoms with Crippen LogP contribution in [0.1, 0.15) is 24.5 Å². The fourth-order valence-electron chi connectivity index (χ4n) is 4.10. The summed E-state index contributed by atoms with van der Waals surface area (Å²) in [4.78, 5) is 14.5. The van der Waals surface area contributed by atoms with E-state index in [1.54, 1.807) is 7.11 Å². The van der Waals surface area contributed by atoms with Crippen LogP contribution >= 0.6 is 0 Å². The lowest BCUT2D eigenvalue weighted by atomic mass is 9.93. The van der Waals surface area contributed by atoms with Crippen LogP contribution in [0.15, 0.2) is 54.6 Å². The Labute approximate surface area is 165 Å². The minimum absolute atomic E-state index is 0.0291. The summed E-state index contributed by atoms with van der Waals surface area (Å²) in [5, 5.41) is 1.28. The summed E-state index contributed by atoms with van der Waals surface area (Å²) in [6.07, 6.45) is 1.95. The number of nitrogens with zero attached hydrogens (tertiary/aromatic N) is 2. The number of fused-ring (bicyclic) bond motifs is 1. The summed E-state index contributed by atoms with van der Waals surface area (Å²) >= 11 is 0. The quantitative estimate of drug-likeness (QED) is 0.675. The number of carbonyl (C=O) groups excluding carboxylic acids is 1. The summed E-state index contributed by atoms with van der Waals surface area (Å²) < 4.78 is 13.3. The molecule has 1 aromatic heterocycles. The van der Waals surface area contributed by atoms with E-state index < -0.39 is 0 Å². The predicted octanol–water partition coefficient (Wildman–Crippen LogP) is 3.97. The minimum Gasteiger partial charge on any atom is -0.493 e. The zero-order valence-electron chi connectivity index (χ0n) is 16.4. The number of carbonyl (C=O) groups is 1.